The van der Waals surface area contributed by atoms with E-state index in [4.69, 9.17) is 9.47 Å². The predicted molar refractivity (Wildman–Crippen MR) is 161 cm³/mol. The highest BCUT2D eigenvalue weighted by atomic mass is 19.1. The molecule has 9 aliphatic rings. The number of hydrogen-bond donors (Lipinski definition) is 2. The lowest BCUT2D eigenvalue weighted by molar-refractivity contribution is -0.149. The number of anilines is 1. The molecular formula is C34H39FN6O6. The number of pyridine rings is 1. The highest BCUT2D eigenvalue weighted by Gasteiger charge is 2.87. The van der Waals surface area contributed by atoms with Gasteiger partial charge in [-0.2, -0.15) is 5.26 Å². The molecule has 0 radical (unpaired) electrons. The molecule has 12 nitrogen and oxygen atoms in total. The monoisotopic (exact) mass is 646 g/mol. The van der Waals surface area contributed by atoms with Crippen molar-refractivity contribution in [1.29, 1.82) is 5.26 Å². The zero-order chi connectivity index (χ0) is 32.8. The molecule has 47 heavy (non-hydrogen) atoms. The van der Waals surface area contributed by atoms with Crippen LogP contribution in [0.25, 0.3) is 0 Å². The molecule has 6 saturated carbocycles. The van der Waals surface area contributed by atoms with Gasteiger partial charge in [-0.15, -0.1) is 0 Å². The van der Waals surface area contributed by atoms with Crippen LogP contribution in [-0.2, 0) is 19.1 Å². The Bertz CT molecular complexity index is 1660. The lowest BCUT2D eigenvalue weighted by Crippen LogP contribution is -2.60. The number of nitrogens with zero attached hydrogens (tertiary/aromatic N) is 4. The number of hydrogen-bond acceptors (Lipinski definition) is 8. The van der Waals surface area contributed by atoms with E-state index in [1.807, 2.05) is 20.8 Å². The van der Waals surface area contributed by atoms with E-state index >= 15 is 4.39 Å². The summed E-state index contributed by atoms with van der Waals surface area (Å²) in [6, 6.07) is 2.47. The number of likely N-dealkylation sites (tertiary alicyclic amines) is 2. The molecule has 2 bridgehead atoms. The van der Waals surface area contributed by atoms with Gasteiger partial charge in [0.2, 0.25) is 17.4 Å². The van der Waals surface area contributed by atoms with E-state index in [-0.39, 0.29) is 54.4 Å². The quantitative estimate of drug-likeness (QED) is 0.495. The van der Waals surface area contributed by atoms with Crippen molar-refractivity contribution in [2.24, 2.45) is 46.3 Å². The van der Waals surface area contributed by atoms with E-state index in [2.05, 4.69) is 21.7 Å². The van der Waals surface area contributed by atoms with Gasteiger partial charge in [-0.25, -0.2) is 14.2 Å². The number of carbonyl (C=O) groups is 4. The topological polar surface area (TPSA) is 154 Å². The summed E-state index contributed by atoms with van der Waals surface area (Å²) in [6.07, 6.45) is 4.44. The fraction of sp³-hybridized carbons (Fsp3) is 0.706. The van der Waals surface area contributed by atoms with Gasteiger partial charge in [-0.05, 0) is 66.9 Å². The molecule has 4 heterocycles. The number of nitrogens with one attached hydrogen (secondary N) is 2. The number of alkyl halides is 1. The molecule has 10 atom stereocenters. The maximum absolute atomic E-state index is 15.7. The summed E-state index contributed by atoms with van der Waals surface area (Å²) in [5.74, 6) is -0.858. The van der Waals surface area contributed by atoms with Gasteiger partial charge in [0, 0.05) is 36.4 Å². The van der Waals surface area contributed by atoms with E-state index in [0.29, 0.717) is 18.8 Å². The van der Waals surface area contributed by atoms with E-state index in [0.717, 1.165) is 25.2 Å². The van der Waals surface area contributed by atoms with Crippen LogP contribution in [-0.4, -0.2) is 87.7 Å². The van der Waals surface area contributed by atoms with Gasteiger partial charge in [0.05, 0.1) is 19.2 Å². The summed E-state index contributed by atoms with van der Waals surface area (Å²) in [6.45, 7) is 5.92. The largest absolute Gasteiger partial charge is 0.472 e. The zero-order valence-electron chi connectivity index (χ0n) is 26.7. The van der Waals surface area contributed by atoms with Crippen LogP contribution in [0.3, 0.4) is 0 Å². The van der Waals surface area contributed by atoms with Gasteiger partial charge in [-0.3, -0.25) is 14.4 Å². The number of carbonyl (C=O) groups excluding carboxylic acids is 4. The Morgan fingerprint density at radius 2 is 1.96 bits per heavy atom. The van der Waals surface area contributed by atoms with E-state index in [9.17, 15) is 24.4 Å². The summed E-state index contributed by atoms with van der Waals surface area (Å²) in [5.41, 5.74) is -3.47. The third kappa shape index (κ3) is 3.87. The molecule has 13 heteroatoms. The molecule has 4 amide bonds. The number of halogens is 1. The minimum Gasteiger partial charge on any atom is -0.472 e. The van der Waals surface area contributed by atoms with Crippen molar-refractivity contribution in [2.45, 2.75) is 82.3 Å². The third-order valence-corrected chi connectivity index (χ3v) is 13.0. The standard InChI is InChI=1S/C34H39FN6O6/c1-31(2,3)25(38-30(45)46-15-32-7-16(8-32)9-32)28(43)40-13-19-18-11-34(35)22(18)23(34)21(19)24(40)27(42)41-14-33(10-17(41)12-36)29(44)39-26-20(47-33)5-4-6-37-26/h4-6,16-19,21-25H,7-11,13-15H2,1-3H3,(H,38,45)(H,37,39,44)/t16?,17-,18-,19+,21+,22?,23+,24-,25+,32?,33+,34+/m0/s1. The maximum atomic E-state index is 15.7. The molecule has 10 rings (SSSR count). The van der Waals surface area contributed by atoms with Gasteiger partial charge in [-0.1, -0.05) is 20.8 Å². The van der Waals surface area contributed by atoms with Crippen LogP contribution in [0.5, 0.6) is 5.75 Å². The molecule has 1 unspecified atom stereocenters. The van der Waals surface area contributed by atoms with Crippen LogP contribution in [0.4, 0.5) is 15.0 Å². The number of aromatic nitrogens is 1. The van der Waals surface area contributed by atoms with Crippen LogP contribution in [0.1, 0.15) is 52.9 Å². The van der Waals surface area contributed by atoms with E-state index in [1.54, 1.807) is 12.1 Å². The second kappa shape index (κ2) is 9.14. The zero-order valence-corrected chi connectivity index (χ0v) is 26.7. The fourth-order valence-electron chi connectivity index (χ4n) is 10.7. The number of rotatable bonds is 5. The average molecular weight is 647 g/mol. The second-order valence-electron chi connectivity index (χ2n) is 16.7. The van der Waals surface area contributed by atoms with Crippen molar-refractivity contribution in [3.05, 3.63) is 18.3 Å². The highest BCUT2D eigenvalue weighted by molar-refractivity contribution is 6.01. The van der Waals surface area contributed by atoms with Crippen LogP contribution >= 0.6 is 0 Å². The Balaban J connectivity index is 1.00. The first-order valence-corrected chi connectivity index (χ1v) is 16.9. The first-order chi connectivity index (χ1) is 22.3. The van der Waals surface area contributed by atoms with Crippen molar-refractivity contribution >= 4 is 29.6 Å². The van der Waals surface area contributed by atoms with Gasteiger partial charge in [0.15, 0.2) is 11.6 Å². The minimum absolute atomic E-state index is 0.0540. The SMILES string of the molecule is CC(C)(C)[C@H](NC(=O)OCC12CC(C1)C2)C(=O)N1C[C@H]2[C@@H]([C@H]1C(=O)N1C[C@@]3(C[C@H]1C#N)Oc1cccnc1NC3=O)[C@@H]1C3[C@H]2C[C@@]31F. The first-order valence-electron chi connectivity index (χ1n) is 16.9. The molecular weight excluding hydrogens is 607 g/mol. The van der Waals surface area contributed by atoms with E-state index in [1.165, 1.54) is 16.0 Å². The van der Waals surface area contributed by atoms with Crippen molar-refractivity contribution < 1.29 is 33.0 Å². The second-order valence-corrected chi connectivity index (χ2v) is 16.7. The first kappa shape index (κ1) is 29.2. The molecule has 2 saturated heterocycles. The number of ether oxygens (including phenoxy) is 2. The molecule has 8 fully saturated rings. The van der Waals surface area contributed by atoms with Gasteiger partial charge >= 0.3 is 6.09 Å². The lowest BCUT2D eigenvalue weighted by Gasteiger charge is -2.61. The molecule has 1 spiro atoms. The summed E-state index contributed by atoms with van der Waals surface area (Å²) in [5, 5.41) is 15.8. The van der Waals surface area contributed by atoms with Crippen LogP contribution in [0.15, 0.2) is 18.3 Å². The number of nitriles is 1. The van der Waals surface area contributed by atoms with Crippen molar-refractivity contribution in [3.8, 4) is 11.8 Å². The Kier molecular flexibility index (Phi) is 5.68. The molecule has 6 aliphatic carbocycles. The van der Waals surface area contributed by atoms with Gasteiger partial charge < -0.3 is 29.9 Å². The smallest absolute Gasteiger partial charge is 0.407 e. The summed E-state index contributed by atoms with van der Waals surface area (Å²) < 4.78 is 27.5. The van der Waals surface area contributed by atoms with Crippen molar-refractivity contribution in [3.63, 3.8) is 0 Å². The summed E-state index contributed by atoms with van der Waals surface area (Å²) >= 11 is 0. The number of amides is 4. The Labute approximate surface area is 271 Å². The predicted octanol–water partition coefficient (Wildman–Crippen LogP) is 2.65. The molecule has 1 aromatic rings. The lowest BCUT2D eigenvalue weighted by atomic mass is 9.45. The van der Waals surface area contributed by atoms with Crippen LogP contribution in [0, 0.1) is 57.7 Å². The number of fused-ring (bicyclic) bond motifs is 5. The molecule has 1 aromatic heterocycles. The van der Waals surface area contributed by atoms with E-state index < -0.39 is 64.5 Å². The van der Waals surface area contributed by atoms with Gasteiger partial charge in [0.25, 0.3) is 5.91 Å². The molecule has 2 N–H and O–H groups in total. The third-order valence-electron chi connectivity index (χ3n) is 13.0. The fourth-order valence-corrected chi connectivity index (χ4v) is 10.7. The Morgan fingerprint density at radius 3 is 2.64 bits per heavy atom. The normalized spacial score (nSPS) is 43.1. The summed E-state index contributed by atoms with van der Waals surface area (Å²) in [7, 11) is 0. The van der Waals surface area contributed by atoms with Crippen LogP contribution < -0.4 is 15.4 Å². The maximum Gasteiger partial charge on any atom is 0.407 e. The molecule has 3 aliphatic heterocycles. The highest BCUT2D eigenvalue weighted by Crippen LogP contribution is 2.83. The summed E-state index contributed by atoms with van der Waals surface area (Å²) in [4.78, 5) is 62.8. The molecule has 248 valence electrons. The van der Waals surface area contributed by atoms with Crippen molar-refractivity contribution in [2.75, 3.05) is 25.0 Å². The molecule has 0 aromatic carbocycles. The average Bonchev–Trinajstić information content (AvgIpc) is 3.39. The van der Waals surface area contributed by atoms with Gasteiger partial charge in [0.1, 0.15) is 23.8 Å². The minimum atomic E-state index is -1.51. The van der Waals surface area contributed by atoms with Crippen LogP contribution in [0.2, 0.25) is 0 Å². The van der Waals surface area contributed by atoms with Crippen molar-refractivity contribution in [1.82, 2.24) is 20.1 Å². The Hall–Kier alpha value is -3.95. The Morgan fingerprint density at radius 1 is 1.19 bits per heavy atom. The number of alkyl carbamates (subject to hydrolysis) is 1.